The van der Waals surface area contributed by atoms with Crippen LogP contribution in [0.3, 0.4) is 0 Å². The minimum absolute atomic E-state index is 0. The van der Waals surface area contributed by atoms with E-state index in [9.17, 15) is 51.8 Å². The van der Waals surface area contributed by atoms with Crippen molar-refractivity contribution in [1.82, 2.24) is 0 Å². The van der Waals surface area contributed by atoms with Crippen LogP contribution in [0, 0.1) is 0 Å². The molecule has 2 N–H and O–H groups in total. The number of rotatable bonds is 0. The maximum absolute atomic E-state index is 9.75. The Bertz CT molecular complexity index is 392. The van der Waals surface area contributed by atoms with E-state index in [2.05, 4.69) is 48.6 Å². The SMILES string of the molecule is C1=CCC/C=C\CC1.C1=CCC/C=C\CC1.F[B-](F)(F)F.F[B-](F)(F)F.F[B-](F)(F)F.O.[Rh+3]. The molecule has 198 valence electrons. The third kappa shape index (κ3) is 116. The molecule has 0 amide bonds. The van der Waals surface area contributed by atoms with Gasteiger partial charge in [-0.1, -0.05) is 48.6 Å². The van der Waals surface area contributed by atoms with Crippen molar-refractivity contribution < 1.29 is 76.7 Å². The van der Waals surface area contributed by atoms with Crippen molar-refractivity contribution in [2.75, 3.05) is 0 Å². The van der Waals surface area contributed by atoms with Crippen LogP contribution in [0.4, 0.5) is 51.8 Å². The predicted octanol–water partition coefficient (Wildman–Crippen LogP) is 8.42. The summed E-state index contributed by atoms with van der Waals surface area (Å²) in [7, 11) is -18.0. The molecule has 0 unspecified atom stereocenters. The van der Waals surface area contributed by atoms with E-state index in [1.807, 2.05) is 0 Å². The molecule has 0 bridgehead atoms. The van der Waals surface area contributed by atoms with Gasteiger partial charge in [-0.3, -0.25) is 0 Å². The molecule has 0 radical (unpaired) electrons. The van der Waals surface area contributed by atoms with Gasteiger partial charge in [0.2, 0.25) is 0 Å². The Morgan fingerprint density at radius 1 is 0.303 bits per heavy atom. The zero-order valence-electron chi connectivity index (χ0n) is 17.4. The maximum atomic E-state index is 9.75. The molecule has 2 rings (SSSR count). The molecule has 0 saturated carbocycles. The molecule has 0 atom stereocenters. The van der Waals surface area contributed by atoms with Gasteiger partial charge in [0.1, 0.15) is 0 Å². The van der Waals surface area contributed by atoms with E-state index in [4.69, 9.17) is 0 Å². The van der Waals surface area contributed by atoms with Crippen LogP contribution in [0.25, 0.3) is 0 Å². The van der Waals surface area contributed by atoms with E-state index in [1.54, 1.807) is 0 Å². The largest absolute Gasteiger partial charge is 3.00 e. The average molecular weight is 598 g/mol. The van der Waals surface area contributed by atoms with Crippen molar-refractivity contribution in [2.45, 2.75) is 51.4 Å². The van der Waals surface area contributed by atoms with E-state index in [1.165, 1.54) is 51.4 Å². The molecule has 0 saturated heterocycles. The summed E-state index contributed by atoms with van der Waals surface area (Å²) in [5.74, 6) is 0. The standard InChI is InChI=1S/2C8H12.3BF4.H2O.Rh/c2*1-2-4-6-8-7-5-3-1;3*2-1(3,4)5;;/h2*1-2,7-8H,3-6H2;;;;1H2;/q;;3*-1;;+3/b2*2-1-,8-7?;;;;;. The van der Waals surface area contributed by atoms with Crippen molar-refractivity contribution in [1.29, 1.82) is 0 Å². The summed E-state index contributed by atoms with van der Waals surface area (Å²) in [5, 5.41) is 0. The van der Waals surface area contributed by atoms with Gasteiger partial charge in [-0.05, 0) is 51.4 Å². The van der Waals surface area contributed by atoms with Gasteiger partial charge in [0.25, 0.3) is 0 Å². The molecule has 0 aromatic carbocycles. The second kappa shape index (κ2) is 25.5. The average Bonchev–Trinajstić information content (AvgIpc) is 2.40. The van der Waals surface area contributed by atoms with E-state index < -0.39 is 21.8 Å². The summed E-state index contributed by atoms with van der Waals surface area (Å²) in [5.41, 5.74) is 0. The van der Waals surface area contributed by atoms with Gasteiger partial charge in [-0.25, -0.2) is 0 Å². The van der Waals surface area contributed by atoms with Crippen molar-refractivity contribution in [3.63, 3.8) is 0 Å². The molecule has 0 aromatic heterocycles. The Morgan fingerprint density at radius 3 is 0.424 bits per heavy atom. The molecular formula is C16H26B3F12ORh. The molecule has 0 heterocycles. The third-order valence-electron chi connectivity index (χ3n) is 2.67. The van der Waals surface area contributed by atoms with E-state index in [0.29, 0.717) is 0 Å². The Hall–Kier alpha value is -1.10. The second-order valence-corrected chi connectivity index (χ2v) is 5.68. The summed E-state index contributed by atoms with van der Waals surface area (Å²) in [6.45, 7) is 0. The van der Waals surface area contributed by atoms with Crippen LogP contribution in [-0.4, -0.2) is 27.2 Å². The van der Waals surface area contributed by atoms with Gasteiger partial charge >= 0.3 is 41.2 Å². The van der Waals surface area contributed by atoms with Crippen LogP contribution in [0.2, 0.25) is 0 Å². The van der Waals surface area contributed by atoms with Gasteiger partial charge in [0.15, 0.2) is 0 Å². The van der Waals surface area contributed by atoms with Crippen LogP contribution in [0.15, 0.2) is 48.6 Å². The van der Waals surface area contributed by atoms with Crippen LogP contribution < -0.4 is 0 Å². The summed E-state index contributed by atoms with van der Waals surface area (Å²) in [6, 6.07) is 0. The smallest absolute Gasteiger partial charge is 0.418 e. The van der Waals surface area contributed by atoms with E-state index in [-0.39, 0.29) is 25.0 Å². The topological polar surface area (TPSA) is 31.5 Å². The minimum Gasteiger partial charge on any atom is -0.418 e. The van der Waals surface area contributed by atoms with Gasteiger partial charge < -0.3 is 57.3 Å². The first-order chi connectivity index (χ1) is 14.0. The third-order valence-corrected chi connectivity index (χ3v) is 2.67. The maximum Gasteiger partial charge on any atom is 3.00 e. The number of hydrogen-bond acceptors (Lipinski definition) is 0. The Morgan fingerprint density at radius 2 is 0.364 bits per heavy atom. The fourth-order valence-electron chi connectivity index (χ4n) is 1.71. The first kappa shape index (κ1) is 42.1. The first-order valence-corrected chi connectivity index (χ1v) is 9.22. The van der Waals surface area contributed by atoms with E-state index in [0.717, 1.165) is 0 Å². The van der Waals surface area contributed by atoms with Crippen LogP contribution in [-0.2, 0) is 19.5 Å². The van der Waals surface area contributed by atoms with Gasteiger partial charge in [0.05, 0.1) is 0 Å². The molecule has 17 heteroatoms. The van der Waals surface area contributed by atoms with Crippen molar-refractivity contribution >= 4 is 21.8 Å². The number of allylic oxidation sites excluding steroid dienone is 8. The summed E-state index contributed by atoms with van der Waals surface area (Å²) < 4.78 is 117. The number of halogens is 12. The molecule has 0 aromatic rings. The minimum atomic E-state index is -6.00. The van der Waals surface area contributed by atoms with Crippen molar-refractivity contribution in [2.24, 2.45) is 0 Å². The molecule has 0 fully saturated rings. The first-order valence-electron chi connectivity index (χ1n) is 9.22. The predicted molar refractivity (Wildman–Crippen MR) is 108 cm³/mol. The van der Waals surface area contributed by atoms with Crippen molar-refractivity contribution in [3.05, 3.63) is 48.6 Å². The fourth-order valence-corrected chi connectivity index (χ4v) is 1.71. The summed E-state index contributed by atoms with van der Waals surface area (Å²) in [6.07, 6.45) is 28.0. The molecule has 33 heavy (non-hydrogen) atoms. The summed E-state index contributed by atoms with van der Waals surface area (Å²) >= 11 is 0. The Kier molecular flexibility index (Phi) is 32.5. The molecular weight excluding hydrogens is 571 g/mol. The molecule has 1 nitrogen and oxygen atoms in total. The Labute approximate surface area is 198 Å². The van der Waals surface area contributed by atoms with E-state index >= 15 is 0 Å². The van der Waals surface area contributed by atoms with Crippen molar-refractivity contribution in [3.8, 4) is 0 Å². The normalized spacial score (nSPS) is 17.1. The van der Waals surface area contributed by atoms with Gasteiger partial charge in [-0.2, -0.15) is 0 Å². The van der Waals surface area contributed by atoms with Crippen LogP contribution in [0.1, 0.15) is 51.4 Å². The van der Waals surface area contributed by atoms with Gasteiger partial charge in [0, 0.05) is 0 Å². The van der Waals surface area contributed by atoms with Crippen LogP contribution >= 0.6 is 0 Å². The molecule has 2 aliphatic carbocycles. The summed E-state index contributed by atoms with van der Waals surface area (Å²) in [4.78, 5) is 0. The Balaban J connectivity index is -0.0000000997. The molecule has 0 spiro atoms. The monoisotopic (exact) mass is 598 g/mol. The zero-order valence-corrected chi connectivity index (χ0v) is 19.0. The fraction of sp³-hybridized carbons (Fsp3) is 0.500. The second-order valence-electron chi connectivity index (χ2n) is 5.68. The molecule has 2 aliphatic rings. The zero-order chi connectivity index (χ0) is 24.8. The quantitative estimate of drug-likeness (QED) is 0.153. The molecule has 0 aliphatic heterocycles. The van der Waals surface area contributed by atoms with Gasteiger partial charge in [-0.15, -0.1) is 0 Å². The number of hydrogen-bond donors (Lipinski definition) is 0. The van der Waals surface area contributed by atoms with Crippen LogP contribution in [0.5, 0.6) is 0 Å².